The maximum atomic E-state index is 13.1. The van der Waals surface area contributed by atoms with Crippen LogP contribution in [0.1, 0.15) is 0 Å². The average molecular weight is 293 g/mol. The van der Waals surface area contributed by atoms with E-state index in [2.05, 4.69) is 25.9 Å². The minimum Gasteiger partial charge on any atom is -0.434 e. The van der Waals surface area contributed by atoms with Gasteiger partial charge in [0.2, 0.25) is 5.89 Å². The summed E-state index contributed by atoms with van der Waals surface area (Å²) in [6, 6.07) is 8.17. The molecule has 3 nitrogen and oxygen atoms in total. The van der Waals surface area contributed by atoms with Gasteiger partial charge in [-0.3, -0.25) is 0 Å². The van der Waals surface area contributed by atoms with Gasteiger partial charge in [0, 0.05) is 11.8 Å². The lowest BCUT2D eigenvalue weighted by molar-refractivity contribution is 0.613. The standard InChI is InChI=1S/C12H6BrFN2O/c13-8-6-7(3-4-9(8)14)12-16-11-10(17-12)2-1-5-15-11/h1-6H. The zero-order valence-corrected chi connectivity index (χ0v) is 10.1. The van der Waals surface area contributed by atoms with Gasteiger partial charge in [-0.05, 0) is 46.3 Å². The van der Waals surface area contributed by atoms with Crippen molar-refractivity contribution in [3.8, 4) is 11.5 Å². The number of halogens is 2. The van der Waals surface area contributed by atoms with Crippen molar-refractivity contribution < 1.29 is 8.81 Å². The molecule has 0 atom stereocenters. The Morgan fingerprint density at radius 1 is 1.24 bits per heavy atom. The zero-order chi connectivity index (χ0) is 11.8. The van der Waals surface area contributed by atoms with Crippen molar-refractivity contribution in [3.63, 3.8) is 0 Å². The van der Waals surface area contributed by atoms with E-state index in [1.807, 2.05) is 0 Å². The van der Waals surface area contributed by atoms with Crippen LogP contribution in [0.25, 0.3) is 22.7 Å². The van der Waals surface area contributed by atoms with Crippen LogP contribution in [0.3, 0.4) is 0 Å². The summed E-state index contributed by atoms with van der Waals surface area (Å²) >= 11 is 3.13. The van der Waals surface area contributed by atoms with Crippen molar-refractivity contribution in [2.24, 2.45) is 0 Å². The maximum absolute atomic E-state index is 13.1. The molecule has 5 heteroatoms. The van der Waals surface area contributed by atoms with Crippen molar-refractivity contribution >= 4 is 27.2 Å². The number of nitrogens with zero attached hydrogens (tertiary/aromatic N) is 2. The van der Waals surface area contributed by atoms with Gasteiger partial charge in [0.05, 0.1) is 4.47 Å². The maximum Gasteiger partial charge on any atom is 0.228 e. The predicted octanol–water partition coefficient (Wildman–Crippen LogP) is 3.79. The summed E-state index contributed by atoms with van der Waals surface area (Å²) in [6.45, 7) is 0. The molecule has 0 N–H and O–H groups in total. The van der Waals surface area contributed by atoms with Crippen molar-refractivity contribution in [3.05, 3.63) is 46.8 Å². The Hall–Kier alpha value is -1.75. The van der Waals surface area contributed by atoms with Gasteiger partial charge in [0.15, 0.2) is 11.2 Å². The molecule has 0 aliphatic heterocycles. The molecule has 0 unspecified atom stereocenters. The highest BCUT2D eigenvalue weighted by Crippen LogP contribution is 2.26. The van der Waals surface area contributed by atoms with Crippen LogP contribution in [0.2, 0.25) is 0 Å². The molecule has 0 saturated heterocycles. The fraction of sp³-hybridized carbons (Fsp3) is 0. The van der Waals surface area contributed by atoms with E-state index < -0.39 is 0 Å². The highest BCUT2D eigenvalue weighted by atomic mass is 79.9. The second-order valence-electron chi connectivity index (χ2n) is 3.47. The van der Waals surface area contributed by atoms with Gasteiger partial charge in [0.1, 0.15) is 5.82 Å². The van der Waals surface area contributed by atoms with Crippen LogP contribution in [-0.2, 0) is 0 Å². The first-order chi connectivity index (χ1) is 8.24. The highest BCUT2D eigenvalue weighted by Gasteiger charge is 2.10. The van der Waals surface area contributed by atoms with Crippen molar-refractivity contribution in [2.45, 2.75) is 0 Å². The predicted molar refractivity (Wildman–Crippen MR) is 64.9 cm³/mol. The Kier molecular flexibility index (Phi) is 2.40. The zero-order valence-electron chi connectivity index (χ0n) is 8.52. The van der Waals surface area contributed by atoms with Crippen LogP contribution in [0, 0.1) is 5.82 Å². The third kappa shape index (κ3) is 1.82. The van der Waals surface area contributed by atoms with Crippen LogP contribution in [0.5, 0.6) is 0 Å². The number of aromatic nitrogens is 2. The summed E-state index contributed by atoms with van der Waals surface area (Å²) in [6.07, 6.45) is 1.65. The molecule has 0 aliphatic rings. The molecule has 0 radical (unpaired) electrons. The van der Waals surface area contributed by atoms with Crippen molar-refractivity contribution in [1.29, 1.82) is 0 Å². The monoisotopic (exact) mass is 292 g/mol. The quantitative estimate of drug-likeness (QED) is 0.685. The number of benzene rings is 1. The number of pyridine rings is 1. The molecule has 0 fully saturated rings. The third-order valence-electron chi connectivity index (χ3n) is 2.33. The van der Waals surface area contributed by atoms with Crippen LogP contribution in [0.4, 0.5) is 4.39 Å². The molecule has 2 aromatic heterocycles. The smallest absolute Gasteiger partial charge is 0.228 e. The average Bonchev–Trinajstić information content (AvgIpc) is 2.76. The van der Waals surface area contributed by atoms with Gasteiger partial charge in [-0.1, -0.05) is 0 Å². The molecule has 2 heterocycles. The van der Waals surface area contributed by atoms with Gasteiger partial charge in [-0.15, -0.1) is 0 Å². The van der Waals surface area contributed by atoms with E-state index in [0.29, 0.717) is 27.2 Å². The number of hydrogen-bond donors (Lipinski definition) is 0. The van der Waals surface area contributed by atoms with Gasteiger partial charge in [-0.2, -0.15) is 4.98 Å². The third-order valence-corrected chi connectivity index (χ3v) is 2.94. The molecule has 0 aliphatic carbocycles. The molecule has 17 heavy (non-hydrogen) atoms. The SMILES string of the molecule is Fc1ccc(-c2nc3ncccc3o2)cc1Br. The van der Waals surface area contributed by atoms with E-state index in [0.717, 1.165) is 0 Å². The molecule has 0 saturated carbocycles. The lowest BCUT2D eigenvalue weighted by Crippen LogP contribution is -1.81. The van der Waals surface area contributed by atoms with E-state index in [4.69, 9.17) is 4.42 Å². The summed E-state index contributed by atoms with van der Waals surface area (Å²) in [5.41, 5.74) is 1.86. The summed E-state index contributed by atoms with van der Waals surface area (Å²) in [5, 5.41) is 0. The Labute approximate surface area is 104 Å². The largest absolute Gasteiger partial charge is 0.434 e. The van der Waals surface area contributed by atoms with Gasteiger partial charge < -0.3 is 4.42 Å². The van der Waals surface area contributed by atoms with E-state index in [9.17, 15) is 4.39 Å². The highest BCUT2D eigenvalue weighted by molar-refractivity contribution is 9.10. The molecule has 3 rings (SSSR count). The second-order valence-corrected chi connectivity index (χ2v) is 4.33. The molecular formula is C12H6BrFN2O. The Balaban J connectivity index is 2.17. The van der Waals surface area contributed by atoms with Gasteiger partial charge in [0.25, 0.3) is 0 Å². The molecule has 0 bridgehead atoms. The van der Waals surface area contributed by atoms with Crippen LogP contribution in [-0.4, -0.2) is 9.97 Å². The minimum absolute atomic E-state index is 0.317. The van der Waals surface area contributed by atoms with E-state index in [-0.39, 0.29) is 5.82 Å². The lowest BCUT2D eigenvalue weighted by atomic mass is 10.2. The summed E-state index contributed by atoms with van der Waals surface area (Å²) in [4.78, 5) is 8.31. The van der Waals surface area contributed by atoms with Crippen LogP contribution >= 0.6 is 15.9 Å². The first kappa shape index (κ1) is 10.4. The number of fused-ring (bicyclic) bond motifs is 1. The van der Waals surface area contributed by atoms with Gasteiger partial charge in [-0.25, -0.2) is 9.37 Å². The van der Waals surface area contributed by atoms with Crippen molar-refractivity contribution in [1.82, 2.24) is 9.97 Å². The minimum atomic E-state index is -0.317. The number of oxazole rings is 1. The van der Waals surface area contributed by atoms with Crippen molar-refractivity contribution in [2.75, 3.05) is 0 Å². The summed E-state index contributed by atoms with van der Waals surface area (Å²) < 4.78 is 19.0. The van der Waals surface area contributed by atoms with E-state index in [1.165, 1.54) is 6.07 Å². The molecule has 0 spiro atoms. The molecule has 1 aromatic carbocycles. The molecule has 84 valence electrons. The van der Waals surface area contributed by atoms with Crippen LogP contribution in [0.15, 0.2) is 45.4 Å². The fourth-order valence-electron chi connectivity index (χ4n) is 1.52. The van der Waals surface area contributed by atoms with E-state index in [1.54, 1.807) is 30.5 Å². The molecular weight excluding hydrogens is 287 g/mol. The summed E-state index contributed by atoms with van der Waals surface area (Å²) in [5.74, 6) is 0.113. The Bertz CT molecular complexity index is 663. The van der Waals surface area contributed by atoms with Crippen LogP contribution < -0.4 is 0 Å². The van der Waals surface area contributed by atoms with Gasteiger partial charge >= 0.3 is 0 Å². The number of rotatable bonds is 1. The Morgan fingerprint density at radius 2 is 2.12 bits per heavy atom. The first-order valence-corrected chi connectivity index (χ1v) is 5.70. The Morgan fingerprint density at radius 3 is 2.88 bits per heavy atom. The molecule has 0 amide bonds. The fourth-order valence-corrected chi connectivity index (χ4v) is 1.90. The normalized spacial score (nSPS) is 10.9. The van der Waals surface area contributed by atoms with E-state index >= 15 is 0 Å². The molecule has 3 aromatic rings. The topological polar surface area (TPSA) is 38.9 Å². The lowest BCUT2D eigenvalue weighted by Gasteiger charge is -1.97. The summed E-state index contributed by atoms with van der Waals surface area (Å²) in [7, 11) is 0. The second kappa shape index (κ2) is 3.92. The number of hydrogen-bond acceptors (Lipinski definition) is 3. The first-order valence-electron chi connectivity index (χ1n) is 4.91.